The molecular weight excluding hydrogens is 316 g/mol. The van der Waals surface area contributed by atoms with Crippen molar-refractivity contribution < 1.29 is 19.0 Å². The molecule has 5 heteroatoms. The second kappa shape index (κ2) is 8.44. The molecule has 0 radical (unpaired) electrons. The van der Waals surface area contributed by atoms with Crippen LogP contribution in [0.4, 0.5) is 0 Å². The van der Waals surface area contributed by atoms with Gasteiger partial charge in [-0.15, -0.1) is 0 Å². The minimum absolute atomic E-state index is 0.267. The molecule has 0 aromatic heterocycles. The maximum Gasteiger partial charge on any atom is 0.305 e. The maximum absolute atomic E-state index is 11.3. The summed E-state index contributed by atoms with van der Waals surface area (Å²) in [5.74, 6) is 0.887. The quantitative estimate of drug-likeness (QED) is 0.717. The molecule has 2 aromatic rings. The number of rotatable bonds is 7. The van der Waals surface area contributed by atoms with Crippen molar-refractivity contribution in [3.63, 3.8) is 0 Å². The first kappa shape index (κ1) is 17.2. The highest BCUT2D eigenvalue weighted by atomic mass is 35.5. The van der Waals surface area contributed by atoms with Gasteiger partial charge in [0.2, 0.25) is 0 Å². The van der Waals surface area contributed by atoms with E-state index in [0.29, 0.717) is 29.5 Å². The molecule has 0 aliphatic heterocycles. The Balaban J connectivity index is 2.11. The molecule has 4 nitrogen and oxygen atoms in total. The van der Waals surface area contributed by atoms with Crippen LogP contribution in [0.25, 0.3) is 0 Å². The van der Waals surface area contributed by atoms with Crippen LogP contribution in [0.2, 0.25) is 5.02 Å². The van der Waals surface area contributed by atoms with Crippen LogP contribution in [0.5, 0.6) is 11.5 Å². The van der Waals surface area contributed by atoms with Crippen LogP contribution < -0.4 is 9.47 Å². The molecule has 0 fully saturated rings. The number of halogens is 1. The third kappa shape index (κ3) is 4.89. The summed E-state index contributed by atoms with van der Waals surface area (Å²) in [4.78, 5) is 11.3. The van der Waals surface area contributed by atoms with Crippen LogP contribution in [-0.2, 0) is 22.6 Å². The van der Waals surface area contributed by atoms with Crippen molar-refractivity contribution in [1.29, 1.82) is 0 Å². The molecule has 0 spiro atoms. The number of carbonyl (C=O) groups excluding carboxylic acids is 1. The molecule has 0 aliphatic rings. The Morgan fingerprint density at radius 2 is 1.83 bits per heavy atom. The standard InChI is InChI=1S/C18H19ClO4/c1-21-16-10-14(8-9-18(20)22-2)15(19)11-17(16)23-12-13-6-4-3-5-7-13/h3-7,10-11H,8-9,12H2,1-2H3. The number of ether oxygens (including phenoxy) is 3. The van der Waals surface area contributed by atoms with Crippen LogP contribution in [0.3, 0.4) is 0 Å². The third-order valence-electron chi connectivity index (χ3n) is 3.40. The van der Waals surface area contributed by atoms with Gasteiger partial charge >= 0.3 is 5.97 Å². The van der Waals surface area contributed by atoms with Gasteiger partial charge in [0.25, 0.3) is 0 Å². The molecule has 2 rings (SSSR count). The lowest BCUT2D eigenvalue weighted by Crippen LogP contribution is -2.03. The van der Waals surface area contributed by atoms with Gasteiger partial charge in [-0.1, -0.05) is 41.9 Å². The van der Waals surface area contributed by atoms with Gasteiger partial charge in [0, 0.05) is 17.5 Å². The summed E-state index contributed by atoms with van der Waals surface area (Å²) in [5.41, 5.74) is 1.88. The van der Waals surface area contributed by atoms with Crippen LogP contribution in [0.1, 0.15) is 17.5 Å². The highest BCUT2D eigenvalue weighted by Crippen LogP contribution is 2.34. The highest BCUT2D eigenvalue weighted by molar-refractivity contribution is 6.31. The number of hydrogen-bond acceptors (Lipinski definition) is 4. The van der Waals surface area contributed by atoms with E-state index in [2.05, 4.69) is 4.74 Å². The molecule has 0 saturated heterocycles. The number of hydrogen-bond donors (Lipinski definition) is 0. The summed E-state index contributed by atoms with van der Waals surface area (Å²) >= 11 is 6.28. The van der Waals surface area contributed by atoms with E-state index >= 15 is 0 Å². The van der Waals surface area contributed by atoms with E-state index < -0.39 is 0 Å². The fourth-order valence-corrected chi connectivity index (χ4v) is 2.36. The zero-order valence-electron chi connectivity index (χ0n) is 13.2. The van der Waals surface area contributed by atoms with Crippen molar-refractivity contribution in [2.75, 3.05) is 14.2 Å². The van der Waals surface area contributed by atoms with Crippen molar-refractivity contribution in [1.82, 2.24) is 0 Å². The fourth-order valence-electron chi connectivity index (χ4n) is 2.12. The first-order valence-corrected chi connectivity index (χ1v) is 7.61. The largest absolute Gasteiger partial charge is 0.493 e. The van der Waals surface area contributed by atoms with Crippen molar-refractivity contribution in [3.05, 3.63) is 58.6 Å². The molecule has 0 aliphatic carbocycles. The Morgan fingerprint density at radius 3 is 2.48 bits per heavy atom. The zero-order valence-corrected chi connectivity index (χ0v) is 13.9. The second-order valence-corrected chi connectivity index (χ2v) is 5.35. The summed E-state index contributed by atoms with van der Waals surface area (Å²) in [6, 6.07) is 13.4. The van der Waals surface area contributed by atoms with Gasteiger partial charge in [-0.2, -0.15) is 0 Å². The topological polar surface area (TPSA) is 44.8 Å². The molecule has 2 aromatic carbocycles. The fraction of sp³-hybridized carbons (Fsp3) is 0.278. The summed E-state index contributed by atoms with van der Waals surface area (Å²) in [7, 11) is 2.94. The van der Waals surface area contributed by atoms with Crippen LogP contribution in [0, 0.1) is 0 Å². The highest BCUT2D eigenvalue weighted by Gasteiger charge is 2.12. The van der Waals surface area contributed by atoms with Crippen molar-refractivity contribution >= 4 is 17.6 Å². The van der Waals surface area contributed by atoms with Gasteiger partial charge in [0.1, 0.15) is 6.61 Å². The predicted octanol–water partition coefficient (Wildman–Crippen LogP) is 4.03. The Bertz CT molecular complexity index is 656. The number of methoxy groups -OCH3 is 2. The number of aryl methyl sites for hydroxylation is 1. The van der Waals surface area contributed by atoms with Gasteiger partial charge in [0.15, 0.2) is 11.5 Å². The van der Waals surface area contributed by atoms with E-state index in [1.165, 1.54) is 7.11 Å². The lowest BCUT2D eigenvalue weighted by molar-refractivity contribution is -0.140. The lowest BCUT2D eigenvalue weighted by atomic mass is 10.1. The Hall–Kier alpha value is -2.20. The molecule has 0 bridgehead atoms. The van der Waals surface area contributed by atoms with Gasteiger partial charge in [-0.3, -0.25) is 4.79 Å². The first-order chi connectivity index (χ1) is 11.1. The normalized spacial score (nSPS) is 10.2. The van der Waals surface area contributed by atoms with Gasteiger partial charge in [-0.25, -0.2) is 0 Å². The Kier molecular flexibility index (Phi) is 6.29. The van der Waals surface area contributed by atoms with Gasteiger partial charge in [0.05, 0.1) is 14.2 Å². The van der Waals surface area contributed by atoms with E-state index in [1.807, 2.05) is 30.3 Å². The maximum atomic E-state index is 11.3. The van der Waals surface area contributed by atoms with Gasteiger partial charge in [-0.05, 0) is 23.6 Å². The number of benzene rings is 2. The Morgan fingerprint density at radius 1 is 1.09 bits per heavy atom. The molecule has 122 valence electrons. The average molecular weight is 335 g/mol. The van der Waals surface area contributed by atoms with Crippen LogP contribution in [0.15, 0.2) is 42.5 Å². The molecule has 0 atom stereocenters. The SMILES string of the molecule is COC(=O)CCc1cc(OC)c(OCc2ccccc2)cc1Cl. The van der Waals surface area contributed by atoms with E-state index in [1.54, 1.807) is 19.2 Å². The molecule has 0 N–H and O–H groups in total. The lowest BCUT2D eigenvalue weighted by Gasteiger charge is -2.14. The van der Waals surface area contributed by atoms with Crippen molar-refractivity contribution in [3.8, 4) is 11.5 Å². The molecule has 0 heterocycles. The third-order valence-corrected chi connectivity index (χ3v) is 3.75. The summed E-state index contributed by atoms with van der Waals surface area (Å²) in [6.07, 6.45) is 0.754. The molecule has 0 amide bonds. The molecule has 0 saturated carbocycles. The van der Waals surface area contributed by atoms with E-state index in [9.17, 15) is 4.79 Å². The summed E-state index contributed by atoms with van der Waals surface area (Å²) < 4.78 is 15.8. The average Bonchev–Trinajstić information content (AvgIpc) is 2.59. The minimum Gasteiger partial charge on any atom is -0.493 e. The van der Waals surface area contributed by atoms with Crippen molar-refractivity contribution in [2.45, 2.75) is 19.4 Å². The van der Waals surface area contributed by atoms with E-state index in [4.69, 9.17) is 21.1 Å². The first-order valence-electron chi connectivity index (χ1n) is 7.24. The molecule has 0 unspecified atom stereocenters. The van der Waals surface area contributed by atoms with E-state index in [0.717, 1.165) is 11.1 Å². The van der Waals surface area contributed by atoms with Crippen LogP contribution in [-0.4, -0.2) is 20.2 Å². The number of esters is 1. The minimum atomic E-state index is -0.274. The monoisotopic (exact) mass is 334 g/mol. The smallest absolute Gasteiger partial charge is 0.305 e. The predicted molar refractivity (Wildman–Crippen MR) is 89.1 cm³/mol. The van der Waals surface area contributed by atoms with Crippen LogP contribution >= 0.6 is 11.6 Å². The summed E-state index contributed by atoms with van der Waals surface area (Å²) in [6.45, 7) is 0.426. The summed E-state index contributed by atoms with van der Waals surface area (Å²) in [5, 5.41) is 0.540. The number of carbonyl (C=O) groups is 1. The van der Waals surface area contributed by atoms with E-state index in [-0.39, 0.29) is 12.4 Å². The molecule has 23 heavy (non-hydrogen) atoms. The van der Waals surface area contributed by atoms with Crippen molar-refractivity contribution in [2.24, 2.45) is 0 Å². The second-order valence-electron chi connectivity index (χ2n) is 4.94. The zero-order chi connectivity index (χ0) is 16.7. The Labute approximate surface area is 140 Å². The molecular formula is C18H19ClO4. The van der Waals surface area contributed by atoms with Gasteiger partial charge < -0.3 is 14.2 Å².